The molecule has 0 spiro atoms. The van der Waals surface area contributed by atoms with E-state index in [0.29, 0.717) is 6.61 Å². The quantitative estimate of drug-likeness (QED) is 0.769. The van der Waals surface area contributed by atoms with Crippen molar-refractivity contribution >= 4 is 8.32 Å². The van der Waals surface area contributed by atoms with E-state index in [9.17, 15) is 0 Å². The predicted octanol–water partition coefficient (Wildman–Crippen LogP) is 3.38. The summed E-state index contributed by atoms with van der Waals surface area (Å²) >= 11 is 0. The Morgan fingerprint density at radius 1 is 1.22 bits per heavy atom. The van der Waals surface area contributed by atoms with Gasteiger partial charge in [0.1, 0.15) is 5.69 Å². The first-order valence-corrected chi connectivity index (χ1v) is 9.69. The van der Waals surface area contributed by atoms with Gasteiger partial charge in [0.25, 0.3) is 0 Å². The Bertz CT molecular complexity index is 393. The van der Waals surface area contributed by atoms with Crippen molar-refractivity contribution in [3.8, 4) is 0 Å². The zero-order valence-corrected chi connectivity index (χ0v) is 13.9. The van der Waals surface area contributed by atoms with Crippen LogP contribution in [0, 0.1) is 0 Å². The van der Waals surface area contributed by atoms with E-state index in [0.717, 1.165) is 18.7 Å². The summed E-state index contributed by atoms with van der Waals surface area (Å²) in [4.78, 5) is 0. The van der Waals surface area contributed by atoms with Gasteiger partial charge in [-0.2, -0.15) is 0 Å². The molecule has 0 unspecified atom stereocenters. The van der Waals surface area contributed by atoms with Gasteiger partial charge in [-0.1, -0.05) is 32.9 Å². The van der Waals surface area contributed by atoms with E-state index in [4.69, 9.17) is 4.43 Å². The summed E-state index contributed by atoms with van der Waals surface area (Å²) in [6.45, 7) is 17.0. The summed E-state index contributed by atoms with van der Waals surface area (Å²) in [5, 5.41) is 8.66. The molecule has 0 aliphatic rings. The van der Waals surface area contributed by atoms with Crippen LogP contribution in [0.4, 0.5) is 0 Å². The van der Waals surface area contributed by atoms with Crippen molar-refractivity contribution in [2.45, 2.75) is 72.3 Å². The van der Waals surface area contributed by atoms with Gasteiger partial charge in [-0.3, -0.25) is 0 Å². The first kappa shape index (κ1) is 15.4. The fraction of sp³-hybridized carbons (Fsp3) is 0.846. The Kier molecular flexibility index (Phi) is 4.72. The molecule has 0 saturated heterocycles. The molecule has 0 saturated carbocycles. The van der Waals surface area contributed by atoms with E-state index < -0.39 is 8.32 Å². The Hall–Kier alpha value is -0.683. The zero-order chi connectivity index (χ0) is 14.0. The third-order valence-electron chi connectivity index (χ3n) is 3.93. The molecule has 5 heteroatoms. The van der Waals surface area contributed by atoms with Crippen molar-refractivity contribution in [1.29, 1.82) is 0 Å². The van der Waals surface area contributed by atoms with Crippen LogP contribution in [0.15, 0.2) is 0 Å². The lowest BCUT2D eigenvalue weighted by Crippen LogP contribution is -2.40. The summed E-state index contributed by atoms with van der Waals surface area (Å²) < 4.78 is 8.17. The molecule has 0 aliphatic carbocycles. The lowest BCUT2D eigenvalue weighted by molar-refractivity contribution is 0.271. The minimum atomic E-state index is -1.70. The van der Waals surface area contributed by atoms with Crippen LogP contribution >= 0.6 is 0 Å². The molecule has 0 atom stereocenters. The summed E-state index contributed by atoms with van der Waals surface area (Å²) in [5.74, 6) is 0. The van der Waals surface area contributed by atoms with Crippen LogP contribution in [0.2, 0.25) is 18.1 Å². The molecule has 1 rings (SSSR count). The van der Waals surface area contributed by atoms with Crippen LogP contribution in [0.3, 0.4) is 0 Å². The number of hydrogen-bond acceptors (Lipinski definition) is 3. The van der Waals surface area contributed by atoms with E-state index in [1.165, 1.54) is 5.69 Å². The molecule has 4 nitrogen and oxygen atoms in total. The molecule has 0 aliphatic heterocycles. The van der Waals surface area contributed by atoms with Crippen molar-refractivity contribution in [2.24, 2.45) is 0 Å². The maximum Gasteiger partial charge on any atom is 0.192 e. The second-order valence-corrected chi connectivity index (χ2v) is 11.0. The Labute approximate surface area is 112 Å². The molecular formula is C13H27N3OSi. The topological polar surface area (TPSA) is 39.9 Å². The van der Waals surface area contributed by atoms with Gasteiger partial charge >= 0.3 is 0 Å². The summed E-state index contributed by atoms with van der Waals surface area (Å²) in [5.41, 5.74) is 2.21. The van der Waals surface area contributed by atoms with Crippen molar-refractivity contribution in [3.05, 3.63) is 11.4 Å². The van der Waals surface area contributed by atoms with E-state index >= 15 is 0 Å². The second kappa shape index (κ2) is 5.53. The van der Waals surface area contributed by atoms with Crippen molar-refractivity contribution in [3.63, 3.8) is 0 Å². The molecule has 0 fully saturated rings. The highest BCUT2D eigenvalue weighted by Gasteiger charge is 2.37. The van der Waals surface area contributed by atoms with Crippen LogP contribution in [0.1, 0.15) is 46.0 Å². The normalized spacial score (nSPS) is 13.1. The molecular weight excluding hydrogens is 242 g/mol. The molecule has 1 aromatic heterocycles. The van der Waals surface area contributed by atoms with Gasteiger partial charge in [0.2, 0.25) is 0 Å². The molecule has 0 radical (unpaired) electrons. The molecule has 0 amide bonds. The lowest BCUT2D eigenvalue weighted by Gasteiger charge is -2.35. The van der Waals surface area contributed by atoms with E-state index in [2.05, 4.69) is 58.0 Å². The van der Waals surface area contributed by atoms with Gasteiger partial charge < -0.3 is 4.43 Å². The van der Waals surface area contributed by atoms with Crippen LogP contribution in [0.5, 0.6) is 0 Å². The number of rotatable bonds is 5. The predicted molar refractivity (Wildman–Crippen MR) is 77.1 cm³/mol. The zero-order valence-electron chi connectivity index (χ0n) is 12.9. The molecule has 1 aromatic rings. The first-order valence-electron chi connectivity index (χ1n) is 6.78. The average Bonchev–Trinajstić information content (AvgIpc) is 2.66. The third kappa shape index (κ3) is 3.20. The van der Waals surface area contributed by atoms with E-state index in [1.807, 2.05) is 4.68 Å². The highest BCUT2D eigenvalue weighted by Crippen LogP contribution is 2.37. The number of aryl methyl sites for hydroxylation is 1. The SMILES string of the molecule is CCc1c(CO[Si](C)(C)C(C)(C)C)nnn1CC. The molecule has 1 heterocycles. The summed E-state index contributed by atoms with van der Waals surface area (Å²) in [6.07, 6.45) is 0.955. The third-order valence-corrected chi connectivity index (χ3v) is 8.41. The highest BCUT2D eigenvalue weighted by atomic mass is 28.4. The number of nitrogens with zero attached hydrogens (tertiary/aromatic N) is 3. The minimum absolute atomic E-state index is 0.236. The van der Waals surface area contributed by atoms with Gasteiger partial charge in [0.15, 0.2) is 8.32 Å². The maximum atomic E-state index is 6.20. The van der Waals surface area contributed by atoms with Crippen LogP contribution in [0.25, 0.3) is 0 Å². The number of aromatic nitrogens is 3. The van der Waals surface area contributed by atoms with Gasteiger partial charge in [-0.25, -0.2) is 4.68 Å². The largest absolute Gasteiger partial charge is 0.411 e. The Morgan fingerprint density at radius 2 is 1.83 bits per heavy atom. The number of hydrogen-bond donors (Lipinski definition) is 0. The van der Waals surface area contributed by atoms with Crippen molar-refractivity contribution in [1.82, 2.24) is 15.0 Å². The highest BCUT2D eigenvalue weighted by molar-refractivity contribution is 6.74. The molecule has 0 aromatic carbocycles. The van der Waals surface area contributed by atoms with Crippen LogP contribution < -0.4 is 0 Å². The second-order valence-electron chi connectivity index (χ2n) is 6.20. The van der Waals surface area contributed by atoms with E-state index in [-0.39, 0.29) is 5.04 Å². The van der Waals surface area contributed by atoms with Gasteiger partial charge in [-0.15, -0.1) is 5.10 Å². The smallest absolute Gasteiger partial charge is 0.192 e. The Morgan fingerprint density at radius 3 is 2.28 bits per heavy atom. The summed E-state index contributed by atoms with van der Waals surface area (Å²) in [7, 11) is -1.70. The fourth-order valence-corrected chi connectivity index (χ4v) is 2.52. The molecule has 18 heavy (non-hydrogen) atoms. The average molecular weight is 269 g/mol. The maximum absolute atomic E-state index is 6.20. The van der Waals surface area contributed by atoms with Crippen molar-refractivity contribution in [2.75, 3.05) is 0 Å². The van der Waals surface area contributed by atoms with Gasteiger partial charge in [-0.05, 0) is 31.5 Å². The van der Waals surface area contributed by atoms with Crippen molar-refractivity contribution < 1.29 is 4.43 Å². The summed E-state index contributed by atoms with van der Waals surface area (Å²) in [6, 6.07) is 0. The Balaban J connectivity index is 2.78. The van der Waals surface area contributed by atoms with Crippen LogP contribution in [-0.2, 0) is 24.0 Å². The van der Waals surface area contributed by atoms with E-state index in [1.54, 1.807) is 0 Å². The molecule has 104 valence electrons. The lowest BCUT2D eigenvalue weighted by atomic mass is 10.2. The molecule has 0 N–H and O–H groups in total. The monoisotopic (exact) mass is 269 g/mol. The fourth-order valence-electron chi connectivity index (χ4n) is 1.59. The van der Waals surface area contributed by atoms with Gasteiger partial charge in [0.05, 0.1) is 12.3 Å². The standard InChI is InChI=1S/C13H27N3OSi/c1-8-12-11(14-15-16(12)9-2)10-17-18(6,7)13(3,4)5/h8-10H2,1-7H3. The van der Waals surface area contributed by atoms with Crippen LogP contribution in [-0.4, -0.2) is 23.3 Å². The molecule has 0 bridgehead atoms. The van der Waals surface area contributed by atoms with Gasteiger partial charge in [0, 0.05) is 6.54 Å². The minimum Gasteiger partial charge on any atom is -0.411 e. The first-order chi connectivity index (χ1) is 8.23.